The molecule has 0 saturated carbocycles. The maximum Gasteiger partial charge on any atom is 0.322 e. The molecule has 33 heavy (non-hydrogen) atoms. The lowest BCUT2D eigenvalue weighted by molar-refractivity contribution is -0.119. The van der Waals surface area contributed by atoms with Crippen molar-refractivity contribution in [1.29, 1.82) is 0 Å². The summed E-state index contributed by atoms with van der Waals surface area (Å²) < 4.78 is 48.8. The topological polar surface area (TPSA) is 133 Å². The minimum Gasteiger partial charge on any atom is -0.493 e. The van der Waals surface area contributed by atoms with Gasteiger partial charge >= 0.3 is 6.01 Å². The second-order valence-corrected chi connectivity index (χ2v) is 10.1. The molecule has 11 nitrogen and oxygen atoms in total. The highest BCUT2D eigenvalue weighted by molar-refractivity contribution is 7.91. The summed E-state index contributed by atoms with van der Waals surface area (Å²) in [4.78, 5) is 12.9. The first-order valence-electron chi connectivity index (χ1n) is 9.89. The Hall–Kier alpha value is -3.16. The molecule has 1 saturated heterocycles. The molecule has 176 valence electrons. The van der Waals surface area contributed by atoms with Crippen molar-refractivity contribution in [2.24, 2.45) is 0 Å². The van der Waals surface area contributed by atoms with Crippen molar-refractivity contribution in [1.82, 2.24) is 14.5 Å². The average molecular weight is 495 g/mol. The maximum absolute atomic E-state index is 12.9. The van der Waals surface area contributed by atoms with E-state index < -0.39 is 22.0 Å². The molecule has 1 aromatic carbocycles. The van der Waals surface area contributed by atoms with Crippen molar-refractivity contribution >= 4 is 33.3 Å². The van der Waals surface area contributed by atoms with E-state index in [1.807, 2.05) is 0 Å². The summed E-state index contributed by atoms with van der Waals surface area (Å²) in [5.41, 5.74) is 0.486. The second-order valence-electron chi connectivity index (χ2n) is 7.02. The van der Waals surface area contributed by atoms with Gasteiger partial charge in [-0.15, -0.1) is 16.4 Å². The molecular formula is C20H22N4O7S2. The summed E-state index contributed by atoms with van der Waals surface area (Å²) in [5, 5.41) is 12.0. The van der Waals surface area contributed by atoms with E-state index in [0.29, 0.717) is 35.7 Å². The number of amides is 1. The number of nitrogens with zero attached hydrogens (tertiary/aromatic N) is 3. The molecule has 0 unspecified atom stereocenters. The lowest BCUT2D eigenvalue weighted by Crippen LogP contribution is -2.42. The Morgan fingerprint density at radius 3 is 2.52 bits per heavy atom. The van der Waals surface area contributed by atoms with Gasteiger partial charge in [0.05, 0.1) is 21.3 Å². The Morgan fingerprint density at radius 2 is 1.91 bits per heavy atom. The smallest absolute Gasteiger partial charge is 0.322 e. The molecule has 3 heterocycles. The minimum atomic E-state index is -3.76. The molecular weight excluding hydrogens is 472 g/mol. The van der Waals surface area contributed by atoms with Crippen molar-refractivity contribution in [3.63, 3.8) is 0 Å². The van der Waals surface area contributed by atoms with Crippen LogP contribution >= 0.6 is 11.3 Å². The predicted octanol–water partition coefficient (Wildman–Crippen LogP) is 2.62. The van der Waals surface area contributed by atoms with E-state index in [4.69, 9.17) is 18.6 Å². The fourth-order valence-electron chi connectivity index (χ4n) is 3.60. The zero-order chi connectivity index (χ0) is 23.6. The Morgan fingerprint density at radius 1 is 1.18 bits per heavy atom. The van der Waals surface area contributed by atoms with Gasteiger partial charge in [0.15, 0.2) is 11.5 Å². The SMILES string of the molecule is COc1cc(-c2nnc(NC(=O)[C@@H]3CCCN3S(=O)(=O)c3cccs3)o2)cc(OC)c1OC. The number of hydrogen-bond donors (Lipinski definition) is 1. The monoisotopic (exact) mass is 494 g/mol. The molecule has 2 aromatic heterocycles. The molecule has 3 aromatic rings. The normalized spacial score (nSPS) is 16.5. The van der Waals surface area contributed by atoms with Gasteiger partial charge in [0.1, 0.15) is 10.3 Å². The number of aromatic nitrogens is 2. The van der Waals surface area contributed by atoms with Gasteiger partial charge in [0, 0.05) is 12.1 Å². The molecule has 13 heteroatoms. The average Bonchev–Trinajstić information content (AvgIpc) is 3.59. The number of anilines is 1. The number of benzene rings is 1. The van der Waals surface area contributed by atoms with E-state index in [0.717, 1.165) is 11.3 Å². The van der Waals surface area contributed by atoms with Crippen LogP contribution in [-0.4, -0.2) is 62.7 Å². The Balaban J connectivity index is 1.54. The highest BCUT2D eigenvalue weighted by atomic mass is 32.2. The van der Waals surface area contributed by atoms with Crippen LogP contribution in [0.15, 0.2) is 38.3 Å². The fraction of sp³-hybridized carbons (Fsp3) is 0.350. The van der Waals surface area contributed by atoms with Crippen LogP contribution in [0.3, 0.4) is 0 Å². The van der Waals surface area contributed by atoms with Crippen LogP contribution in [0.1, 0.15) is 12.8 Å². The van der Waals surface area contributed by atoms with E-state index in [9.17, 15) is 13.2 Å². The molecule has 4 rings (SSSR count). The van der Waals surface area contributed by atoms with Crippen molar-refractivity contribution in [3.8, 4) is 28.7 Å². The maximum atomic E-state index is 12.9. The minimum absolute atomic E-state index is 0.110. The first-order valence-corrected chi connectivity index (χ1v) is 12.2. The van der Waals surface area contributed by atoms with Crippen LogP contribution in [0.25, 0.3) is 11.5 Å². The van der Waals surface area contributed by atoms with Crippen LogP contribution in [-0.2, 0) is 14.8 Å². The van der Waals surface area contributed by atoms with E-state index in [-0.39, 0.29) is 22.7 Å². The number of hydrogen-bond acceptors (Lipinski definition) is 10. The zero-order valence-electron chi connectivity index (χ0n) is 18.1. The van der Waals surface area contributed by atoms with Gasteiger partial charge in [-0.3, -0.25) is 10.1 Å². The summed E-state index contributed by atoms with van der Waals surface area (Å²) in [6, 6.07) is 5.43. The Kier molecular flexibility index (Phi) is 6.54. The fourth-order valence-corrected chi connectivity index (χ4v) is 6.38. The summed E-state index contributed by atoms with van der Waals surface area (Å²) in [6.45, 7) is 0.263. The summed E-state index contributed by atoms with van der Waals surface area (Å²) >= 11 is 1.11. The number of nitrogens with one attached hydrogen (secondary N) is 1. The van der Waals surface area contributed by atoms with Gasteiger partial charge in [0.2, 0.25) is 17.5 Å². The summed E-state index contributed by atoms with van der Waals surface area (Å²) in [6.07, 6.45) is 0.966. The number of ether oxygens (including phenoxy) is 3. The van der Waals surface area contributed by atoms with Crippen LogP contribution in [0.4, 0.5) is 6.01 Å². The summed E-state index contributed by atoms with van der Waals surface area (Å²) in [5.74, 6) is 0.781. The molecule has 1 fully saturated rings. The summed E-state index contributed by atoms with van der Waals surface area (Å²) in [7, 11) is 0.703. The molecule has 0 bridgehead atoms. The lowest BCUT2D eigenvalue weighted by atomic mass is 10.2. The van der Waals surface area contributed by atoms with E-state index in [1.54, 1.807) is 23.6 Å². The van der Waals surface area contributed by atoms with E-state index >= 15 is 0 Å². The molecule has 1 aliphatic rings. The van der Waals surface area contributed by atoms with Gasteiger partial charge in [-0.25, -0.2) is 8.42 Å². The molecule has 0 spiro atoms. The number of thiophene rings is 1. The van der Waals surface area contributed by atoms with Gasteiger partial charge in [0.25, 0.3) is 10.0 Å². The van der Waals surface area contributed by atoms with Crippen molar-refractivity contribution in [3.05, 3.63) is 29.6 Å². The van der Waals surface area contributed by atoms with Crippen molar-refractivity contribution < 1.29 is 31.8 Å². The number of carbonyl (C=O) groups excluding carboxylic acids is 1. The largest absolute Gasteiger partial charge is 0.493 e. The first-order chi connectivity index (χ1) is 15.9. The second kappa shape index (κ2) is 9.37. The third kappa shape index (κ3) is 4.38. The first kappa shape index (κ1) is 23.0. The number of carbonyl (C=O) groups is 1. The third-order valence-electron chi connectivity index (χ3n) is 5.13. The Bertz CT molecular complexity index is 1220. The number of methoxy groups -OCH3 is 3. The van der Waals surface area contributed by atoms with Gasteiger partial charge in [-0.2, -0.15) is 4.31 Å². The van der Waals surface area contributed by atoms with Crippen molar-refractivity contribution in [2.75, 3.05) is 33.2 Å². The van der Waals surface area contributed by atoms with Crippen LogP contribution < -0.4 is 19.5 Å². The standard InChI is InChI=1S/C20H22N4O7S2/c1-28-14-10-12(11-15(29-2)17(14)30-3)19-22-23-20(31-19)21-18(25)13-6-4-8-24(13)33(26,27)16-7-5-9-32-16/h5,7,9-11,13H,4,6,8H2,1-3H3,(H,21,23,25)/t13-/m0/s1. The van der Waals surface area contributed by atoms with Crippen molar-refractivity contribution in [2.45, 2.75) is 23.1 Å². The third-order valence-corrected chi connectivity index (χ3v) is 8.41. The van der Waals surface area contributed by atoms with E-state index in [1.165, 1.54) is 31.7 Å². The molecule has 1 atom stereocenters. The highest BCUT2D eigenvalue weighted by Gasteiger charge is 2.40. The predicted molar refractivity (Wildman–Crippen MR) is 119 cm³/mol. The molecule has 0 radical (unpaired) electrons. The lowest BCUT2D eigenvalue weighted by Gasteiger charge is -2.21. The zero-order valence-corrected chi connectivity index (χ0v) is 19.7. The molecule has 0 aliphatic carbocycles. The number of rotatable bonds is 8. The Labute approximate surface area is 194 Å². The quantitative estimate of drug-likeness (QED) is 0.501. The van der Waals surface area contributed by atoms with Crippen LogP contribution in [0, 0.1) is 0 Å². The molecule has 1 amide bonds. The molecule has 1 N–H and O–H groups in total. The number of sulfonamides is 1. The van der Waals surface area contributed by atoms with Crippen LogP contribution in [0.5, 0.6) is 17.2 Å². The van der Waals surface area contributed by atoms with Gasteiger partial charge < -0.3 is 18.6 Å². The van der Waals surface area contributed by atoms with E-state index in [2.05, 4.69) is 15.5 Å². The highest BCUT2D eigenvalue weighted by Crippen LogP contribution is 2.41. The van der Waals surface area contributed by atoms with Crippen LogP contribution in [0.2, 0.25) is 0 Å². The van der Waals surface area contributed by atoms with Gasteiger partial charge in [-0.1, -0.05) is 11.2 Å². The molecule has 1 aliphatic heterocycles. The van der Waals surface area contributed by atoms with Gasteiger partial charge in [-0.05, 0) is 36.4 Å².